The number of hydrogen-bond acceptors (Lipinski definition) is 4. The molecule has 0 radical (unpaired) electrons. The zero-order valence-corrected chi connectivity index (χ0v) is 15.9. The molecule has 0 amide bonds. The number of anilines is 1. The summed E-state index contributed by atoms with van der Waals surface area (Å²) >= 11 is 1.73. The van der Waals surface area contributed by atoms with Crippen molar-refractivity contribution in [1.82, 2.24) is 0 Å². The molecule has 0 bridgehead atoms. The Morgan fingerprint density at radius 1 is 1.15 bits per heavy atom. The molecule has 0 saturated carbocycles. The fourth-order valence-corrected chi connectivity index (χ4v) is 4.56. The number of aromatic nitrogens is 1. The number of para-hydroxylation sites is 2. The van der Waals surface area contributed by atoms with Crippen molar-refractivity contribution < 1.29 is 14.5 Å². The number of carboxylic acids is 1. The lowest BCUT2D eigenvalue weighted by molar-refractivity contribution is -0.644. The quantitative estimate of drug-likeness (QED) is 0.642. The minimum absolute atomic E-state index is 0.0702. The number of rotatable bonds is 5. The summed E-state index contributed by atoms with van der Waals surface area (Å²) < 4.78 is 2.12. The van der Waals surface area contributed by atoms with E-state index >= 15 is 0 Å². The third-order valence-electron chi connectivity index (χ3n) is 4.75. The van der Waals surface area contributed by atoms with Crippen LogP contribution in [0.15, 0.2) is 70.7 Å². The van der Waals surface area contributed by atoms with E-state index in [1.165, 1.54) is 15.8 Å². The minimum atomic E-state index is -0.998. The Morgan fingerprint density at radius 2 is 1.93 bits per heavy atom. The van der Waals surface area contributed by atoms with Crippen LogP contribution in [0, 0.1) is 0 Å². The second-order valence-corrected chi connectivity index (χ2v) is 7.64. The lowest BCUT2D eigenvalue weighted by Crippen LogP contribution is -2.28. The fourth-order valence-electron chi connectivity index (χ4n) is 3.42. The summed E-state index contributed by atoms with van der Waals surface area (Å²) in [5.74, 6) is -0.998. The maximum atomic E-state index is 10.8. The number of hydrogen-bond donors (Lipinski definition) is 0. The molecule has 136 valence electrons. The zero-order chi connectivity index (χ0) is 18.8. The highest BCUT2D eigenvalue weighted by atomic mass is 32.2. The smallest absolute Gasteiger partial charge is 0.212 e. The first-order chi connectivity index (χ1) is 13.1. The van der Waals surface area contributed by atoms with Crippen LogP contribution in [0.3, 0.4) is 0 Å². The van der Waals surface area contributed by atoms with Crippen molar-refractivity contribution in [2.75, 3.05) is 11.4 Å². The van der Waals surface area contributed by atoms with Crippen LogP contribution in [0.1, 0.15) is 18.4 Å². The van der Waals surface area contributed by atoms with Crippen molar-refractivity contribution in [2.24, 2.45) is 7.05 Å². The first-order valence-electron chi connectivity index (χ1n) is 8.97. The highest BCUT2D eigenvalue weighted by Gasteiger charge is 2.24. The van der Waals surface area contributed by atoms with Crippen LogP contribution < -0.4 is 14.6 Å². The van der Waals surface area contributed by atoms with Crippen LogP contribution in [0.4, 0.5) is 5.69 Å². The Morgan fingerprint density at radius 3 is 2.78 bits per heavy atom. The second kappa shape index (κ2) is 7.45. The van der Waals surface area contributed by atoms with Crippen molar-refractivity contribution in [3.8, 4) is 0 Å². The maximum Gasteiger partial charge on any atom is 0.212 e. The van der Waals surface area contributed by atoms with Gasteiger partial charge in [0.15, 0.2) is 6.20 Å². The van der Waals surface area contributed by atoms with Crippen LogP contribution in [0.25, 0.3) is 17.0 Å². The molecular weight excluding hydrogens is 356 g/mol. The molecule has 4 rings (SSSR count). The first kappa shape index (κ1) is 17.6. The molecule has 0 unspecified atom stereocenters. The van der Waals surface area contributed by atoms with Crippen molar-refractivity contribution >= 4 is 40.4 Å². The maximum absolute atomic E-state index is 10.8. The number of nitrogens with zero attached hydrogens (tertiary/aromatic N) is 2. The van der Waals surface area contributed by atoms with Crippen molar-refractivity contribution in [3.63, 3.8) is 0 Å². The van der Waals surface area contributed by atoms with Crippen LogP contribution in [-0.2, 0) is 11.8 Å². The molecule has 0 spiro atoms. The molecule has 0 fully saturated rings. The van der Waals surface area contributed by atoms with E-state index in [0.717, 1.165) is 16.3 Å². The number of aryl methyl sites for hydroxylation is 1. The standard InChI is InChI=1S/C22H20N2O2S/c1-23-14-12-16(17-7-2-3-8-18(17)23)15-21-24(13-6-11-22(25)26)19-9-4-5-10-20(19)27-21/h2-5,7-10,12,14-15H,6,11,13H2,1H3. The van der Waals surface area contributed by atoms with E-state index in [2.05, 4.69) is 58.1 Å². The Balaban J connectivity index is 1.73. The van der Waals surface area contributed by atoms with E-state index in [4.69, 9.17) is 0 Å². The van der Waals surface area contributed by atoms with Gasteiger partial charge in [-0.15, -0.1) is 0 Å². The van der Waals surface area contributed by atoms with E-state index in [-0.39, 0.29) is 6.42 Å². The second-order valence-electron chi connectivity index (χ2n) is 6.58. The molecular formula is C22H20N2O2S. The van der Waals surface area contributed by atoms with E-state index < -0.39 is 5.97 Å². The van der Waals surface area contributed by atoms with Crippen molar-refractivity contribution in [3.05, 3.63) is 71.4 Å². The van der Waals surface area contributed by atoms with Gasteiger partial charge >= 0.3 is 0 Å². The van der Waals surface area contributed by atoms with Gasteiger partial charge in [0.25, 0.3) is 0 Å². The Labute approximate surface area is 162 Å². The molecule has 1 aliphatic heterocycles. The highest BCUT2D eigenvalue weighted by molar-refractivity contribution is 8.03. The van der Waals surface area contributed by atoms with Gasteiger partial charge in [0, 0.05) is 29.5 Å². The summed E-state index contributed by atoms with van der Waals surface area (Å²) in [4.78, 5) is 14.2. The molecule has 0 N–H and O–H groups in total. The number of carbonyl (C=O) groups is 1. The van der Waals surface area contributed by atoms with Gasteiger partial charge in [-0.05, 0) is 42.7 Å². The highest BCUT2D eigenvalue weighted by Crippen LogP contribution is 2.46. The average molecular weight is 376 g/mol. The lowest BCUT2D eigenvalue weighted by Gasteiger charge is -2.20. The normalized spacial score (nSPS) is 14.7. The monoisotopic (exact) mass is 376 g/mol. The van der Waals surface area contributed by atoms with Gasteiger partial charge in [0.1, 0.15) is 7.05 Å². The van der Waals surface area contributed by atoms with Crippen molar-refractivity contribution in [2.45, 2.75) is 17.7 Å². The van der Waals surface area contributed by atoms with E-state index in [1.807, 2.05) is 25.2 Å². The van der Waals surface area contributed by atoms with Gasteiger partial charge in [-0.1, -0.05) is 36.0 Å². The number of carboxylic acid groups (broad SMARTS) is 1. The SMILES string of the molecule is C[n+]1ccc(/C=C2/Sc3ccccc3N2CCCC(=O)[O-])c2ccccc21. The van der Waals surface area contributed by atoms with Crippen LogP contribution in [-0.4, -0.2) is 12.5 Å². The van der Waals surface area contributed by atoms with E-state index in [0.29, 0.717) is 13.0 Å². The third kappa shape index (κ3) is 3.55. The van der Waals surface area contributed by atoms with Gasteiger partial charge in [-0.3, -0.25) is 0 Å². The summed E-state index contributed by atoms with van der Waals surface area (Å²) in [5.41, 5.74) is 3.47. The molecule has 4 nitrogen and oxygen atoms in total. The summed E-state index contributed by atoms with van der Waals surface area (Å²) in [6.07, 6.45) is 4.90. The average Bonchev–Trinajstić information content (AvgIpc) is 3.01. The predicted molar refractivity (Wildman–Crippen MR) is 107 cm³/mol. The molecule has 2 heterocycles. The fraction of sp³-hybridized carbons (Fsp3) is 0.182. The summed E-state index contributed by atoms with van der Waals surface area (Å²) in [6.45, 7) is 0.655. The first-order valence-corrected chi connectivity index (χ1v) is 9.78. The Kier molecular flexibility index (Phi) is 4.86. The molecule has 5 heteroatoms. The molecule has 0 aliphatic carbocycles. The van der Waals surface area contributed by atoms with E-state index in [1.54, 1.807) is 11.8 Å². The van der Waals surface area contributed by atoms with Gasteiger partial charge in [-0.2, -0.15) is 0 Å². The number of carbonyl (C=O) groups excluding carboxylic acids is 1. The van der Waals surface area contributed by atoms with Gasteiger partial charge in [0.05, 0.1) is 16.1 Å². The third-order valence-corrected chi connectivity index (χ3v) is 5.86. The zero-order valence-electron chi connectivity index (χ0n) is 15.1. The summed E-state index contributed by atoms with van der Waals surface area (Å²) in [6, 6.07) is 18.7. The number of pyridine rings is 1. The molecule has 0 saturated heterocycles. The minimum Gasteiger partial charge on any atom is -0.550 e. The number of aliphatic carboxylic acids is 1. The van der Waals surface area contributed by atoms with Crippen LogP contribution in [0.2, 0.25) is 0 Å². The van der Waals surface area contributed by atoms with Gasteiger partial charge in [-0.25, -0.2) is 4.57 Å². The largest absolute Gasteiger partial charge is 0.550 e. The molecule has 0 atom stereocenters. The molecule has 27 heavy (non-hydrogen) atoms. The topological polar surface area (TPSA) is 47.2 Å². The lowest BCUT2D eigenvalue weighted by atomic mass is 10.1. The van der Waals surface area contributed by atoms with Gasteiger partial charge < -0.3 is 14.8 Å². The number of fused-ring (bicyclic) bond motifs is 2. The Hall–Kier alpha value is -2.79. The molecule has 1 aliphatic rings. The predicted octanol–water partition coefficient (Wildman–Crippen LogP) is 3.11. The Bertz CT molecular complexity index is 1050. The molecule has 2 aromatic carbocycles. The van der Waals surface area contributed by atoms with Crippen LogP contribution >= 0.6 is 11.8 Å². The van der Waals surface area contributed by atoms with Crippen LogP contribution in [0.5, 0.6) is 0 Å². The van der Waals surface area contributed by atoms with E-state index in [9.17, 15) is 9.90 Å². The summed E-state index contributed by atoms with van der Waals surface area (Å²) in [5, 5.41) is 13.1. The van der Waals surface area contributed by atoms with Crippen molar-refractivity contribution in [1.29, 1.82) is 0 Å². The molecule has 1 aromatic heterocycles. The number of thioether (sulfide) groups is 1. The number of benzene rings is 2. The summed E-state index contributed by atoms with van der Waals surface area (Å²) in [7, 11) is 2.05. The molecule has 3 aromatic rings. The van der Waals surface area contributed by atoms with Gasteiger partial charge in [0.2, 0.25) is 5.52 Å².